The van der Waals surface area contributed by atoms with Crippen LogP contribution in [0.2, 0.25) is 0 Å². The molecular formula is C15H15N3O2S. The maximum Gasteiger partial charge on any atom is 0.262 e. The van der Waals surface area contributed by atoms with Crippen molar-refractivity contribution >= 4 is 21.4 Å². The van der Waals surface area contributed by atoms with Gasteiger partial charge in [-0.25, -0.2) is 13.4 Å². The molecule has 2 aromatic heterocycles. The Kier molecular flexibility index (Phi) is 3.17. The molecule has 0 saturated carbocycles. The molecule has 0 amide bonds. The molecule has 0 aliphatic rings. The largest absolute Gasteiger partial charge is 0.305 e. The molecule has 2 heterocycles. The molecule has 5 nitrogen and oxygen atoms in total. The van der Waals surface area contributed by atoms with Gasteiger partial charge in [0.25, 0.3) is 10.0 Å². The molecule has 0 aliphatic carbocycles. The Morgan fingerprint density at radius 1 is 1.10 bits per heavy atom. The molecule has 1 N–H and O–H groups in total. The number of nitrogens with one attached hydrogen (secondary N) is 1. The fraction of sp³-hybridized carbons (Fsp3) is 0.133. The van der Waals surface area contributed by atoms with Gasteiger partial charge in [0.1, 0.15) is 0 Å². The summed E-state index contributed by atoms with van der Waals surface area (Å²) in [6.07, 6.45) is 3.68. The third-order valence-corrected chi connectivity index (χ3v) is 4.76. The van der Waals surface area contributed by atoms with Crippen LogP contribution in [0.5, 0.6) is 0 Å². The molecule has 6 heteroatoms. The van der Waals surface area contributed by atoms with Crippen LogP contribution in [0.15, 0.2) is 53.7 Å². The van der Waals surface area contributed by atoms with E-state index in [9.17, 15) is 8.42 Å². The van der Waals surface area contributed by atoms with E-state index >= 15 is 0 Å². The van der Waals surface area contributed by atoms with Crippen LogP contribution < -0.4 is 4.72 Å². The van der Waals surface area contributed by atoms with E-state index in [0.717, 1.165) is 5.69 Å². The van der Waals surface area contributed by atoms with Gasteiger partial charge >= 0.3 is 0 Å². The quantitative estimate of drug-likeness (QED) is 0.809. The molecule has 21 heavy (non-hydrogen) atoms. The van der Waals surface area contributed by atoms with Gasteiger partial charge in [-0.2, -0.15) is 0 Å². The molecule has 0 bridgehead atoms. The van der Waals surface area contributed by atoms with E-state index in [0.29, 0.717) is 16.9 Å². The van der Waals surface area contributed by atoms with Crippen molar-refractivity contribution in [1.29, 1.82) is 0 Å². The topological polar surface area (TPSA) is 63.5 Å². The predicted molar refractivity (Wildman–Crippen MR) is 81.9 cm³/mol. The van der Waals surface area contributed by atoms with Crippen molar-refractivity contribution in [2.75, 3.05) is 4.72 Å². The minimum absolute atomic E-state index is 0.273. The number of hydrogen-bond donors (Lipinski definition) is 1. The zero-order valence-corrected chi connectivity index (χ0v) is 12.6. The first kappa shape index (κ1) is 13.6. The minimum atomic E-state index is -3.63. The molecular weight excluding hydrogens is 286 g/mol. The summed E-state index contributed by atoms with van der Waals surface area (Å²) in [5, 5.41) is 0. The highest BCUT2D eigenvalue weighted by atomic mass is 32.2. The van der Waals surface area contributed by atoms with Crippen LogP contribution >= 0.6 is 0 Å². The molecule has 3 rings (SSSR count). The standard InChI is InChI=1S/C15H15N3O2S/c1-11-6-3-4-8-14(11)21(19,20)17-13-7-5-9-18-10-12(2)16-15(13)18/h3-10,17H,1-2H3. The zero-order valence-electron chi connectivity index (χ0n) is 11.7. The molecule has 0 saturated heterocycles. The van der Waals surface area contributed by atoms with Crippen LogP contribution in [0.4, 0.5) is 5.69 Å². The van der Waals surface area contributed by atoms with Gasteiger partial charge in [-0.05, 0) is 37.6 Å². The Morgan fingerprint density at radius 3 is 2.62 bits per heavy atom. The number of pyridine rings is 1. The van der Waals surface area contributed by atoms with Gasteiger partial charge in [0, 0.05) is 12.4 Å². The fourth-order valence-corrected chi connectivity index (χ4v) is 3.58. The Hall–Kier alpha value is -2.34. The first-order valence-electron chi connectivity index (χ1n) is 6.50. The average molecular weight is 301 g/mol. The van der Waals surface area contributed by atoms with Gasteiger partial charge in [-0.3, -0.25) is 4.72 Å². The fourth-order valence-electron chi connectivity index (χ4n) is 2.27. The SMILES string of the molecule is Cc1cn2cccc(NS(=O)(=O)c3ccccc3C)c2n1. The van der Waals surface area contributed by atoms with E-state index in [1.165, 1.54) is 0 Å². The highest BCUT2D eigenvalue weighted by molar-refractivity contribution is 7.92. The van der Waals surface area contributed by atoms with Crippen LogP contribution in [0.1, 0.15) is 11.3 Å². The number of benzene rings is 1. The minimum Gasteiger partial charge on any atom is -0.305 e. The van der Waals surface area contributed by atoms with Gasteiger partial charge in [-0.15, -0.1) is 0 Å². The van der Waals surface area contributed by atoms with E-state index in [2.05, 4.69) is 9.71 Å². The second-order valence-electron chi connectivity index (χ2n) is 4.91. The van der Waals surface area contributed by atoms with Gasteiger partial charge in [-0.1, -0.05) is 18.2 Å². The highest BCUT2D eigenvalue weighted by Gasteiger charge is 2.18. The monoisotopic (exact) mass is 301 g/mol. The van der Waals surface area contributed by atoms with E-state index in [4.69, 9.17) is 0 Å². The molecule has 108 valence electrons. The number of fused-ring (bicyclic) bond motifs is 1. The number of anilines is 1. The summed E-state index contributed by atoms with van der Waals surface area (Å²) in [6, 6.07) is 10.4. The lowest BCUT2D eigenvalue weighted by Gasteiger charge is -2.10. The molecule has 0 radical (unpaired) electrons. The van der Waals surface area contributed by atoms with Crippen LogP contribution in [-0.2, 0) is 10.0 Å². The number of imidazole rings is 1. The van der Waals surface area contributed by atoms with Crippen molar-refractivity contribution in [1.82, 2.24) is 9.38 Å². The average Bonchev–Trinajstić information content (AvgIpc) is 2.80. The number of aromatic nitrogens is 2. The summed E-state index contributed by atoms with van der Waals surface area (Å²) in [7, 11) is -3.63. The summed E-state index contributed by atoms with van der Waals surface area (Å²) < 4.78 is 29.5. The number of rotatable bonds is 3. The Labute approximate surface area is 123 Å². The van der Waals surface area contributed by atoms with E-state index in [-0.39, 0.29) is 4.90 Å². The summed E-state index contributed by atoms with van der Waals surface area (Å²) >= 11 is 0. The number of aryl methyl sites for hydroxylation is 2. The third-order valence-electron chi connectivity index (χ3n) is 3.23. The van der Waals surface area contributed by atoms with Crippen molar-refractivity contribution in [3.05, 3.63) is 60.0 Å². The number of nitrogens with zero attached hydrogens (tertiary/aromatic N) is 2. The lowest BCUT2D eigenvalue weighted by molar-refractivity contribution is 0.600. The zero-order chi connectivity index (χ0) is 15.0. The number of hydrogen-bond acceptors (Lipinski definition) is 3. The van der Waals surface area contributed by atoms with Crippen LogP contribution in [-0.4, -0.2) is 17.8 Å². The van der Waals surface area contributed by atoms with Gasteiger partial charge in [0.2, 0.25) is 0 Å². The first-order chi connectivity index (χ1) is 9.97. The second kappa shape index (κ2) is 4.89. The summed E-state index contributed by atoms with van der Waals surface area (Å²) in [4.78, 5) is 4.62. The van der Waals surface area contributed by atoms with Crippen molar-refractivity contribution < 1.29 is 8.42 Å². The summed E-state index contributed by atoms with van der Waals surface area (Å²) in [6.45, 7) is 3.64. The second-order valence-corrected chi connectivity index (χ2v) is 6.56. The molecule has 0 aliphatic heterocycles. The lowest BCUT2D eigenvalue weighted by Crippen LogP contribution is -2.14. The lowest BCUT2D eigenvalue weighted by atomic mass is 10.2. The smallest absolute Gasteiger partial charge is 0.262 e. The van der Waals surface area contributed by atoms with Crippen LogP contribution in [0.3, 0.4) is 0 Å². The molecule has 0 spiro atoms. The van der Waals surface area contributed by atoms with E-state index in [1.54, 1.807) is 41.7 Å². The maximum atomic E-state index is 12.5. The van der Waals surface area contributed by atoms with Gasteiger partial charge in [0.15, 0.2) is 5.65 Å². The Balaban J connectivity index is 2.08. The van der Waals surface area contributed by atoms with Crippen LogP contribution in [0.25, 0.3) is 5.65 Å². The third kappa shape index (κ3) is 2.50. The van der Waals surface area contributed by atoms with Crippen molar-refractivity contribution in [2.45, 2.75) is 18.7 Å². The molecule has 1 aromatic carbocycles. The number of sulfonamides is 1. The maximum absolute atomic E-state index is 12.5. The highest BCUT2D eigenvalue weighted by Crippen LogP contribution is 2.22. The molecule has 0 unspecified atom stereocenters. The van der Waals surface area contributed by atoms with Crippen molar-refractivity contribution in [3.8, 4) is 0 Å². The molecule has 0 atom stereocenters. The van der Waals surface area contributed by atoms with Crippen molar-refractivity contribution in [2.24, 2.45) is 0 Å². The predicted octanol–water partition coefficient (Wildman–Crippen LogP) is 2.75. The van der Waals surface area contributed by atoms with Crippen LogP contribution in [0, 0.1) is 13.8 Å². The summed E-state index contributed by atoms with van der Waals surface area (Å²) in [5.74, 6) is 0. The summed E-state index contributed by atoms with van der Waals surface area (Å²) in [5.41, 5.74) is 2.59. The normalized spacial score (nSPS) is 11.7. The molecule has 0 fully saturated rings. The van der Waals surface area contributed by atoms with Crippen molar-refractivity contribution in [3.63, 3.8) is 0 Å². The van der Waals surface area contributed by atoms with E-state index in [1.807, 2.05) is 25.4 Å². The first-order valence-corrected chi connectivity index (χ1v) is 7.98. The Bertz CT molecular complexity index is 914. The molecule has 3 aromatic rings. The van der Waals surface area contributed by atoms with Gasteiger partial charge in [0.05, 0.1) is 16.3 Å². The Morgan fingerprint density at radius 2 is 1.86 bits per heavy atom. The van der Waals surface area contributed by atoms with E-state index < -0.39 is 10.0 Å². The van der Waals surface area contributed by atoms with Gasteiger partial charge < -0.3 is 4.40 Å².